The second-order valence-electron chi connectivity index (χ2n) is 8.19. The Balaban J connectivity index is 1.63. The fourth-order valence-electron chi connectivity index (χ4n) is 4.37. The maximum Gasteiger partial charge on any atom is 0.222 e. The Bertz CT molecular complexity index is 586. The van der Waals surface area contributed by atoms with E-state index in [1.807, 2.05) is 12.4 Å². The summed E-state index contributed by atoms with van der Waals surface area (Å²) in [7, 11) is 0. The van der Waals surface area contributed by atoms with Crippen molar-refractivity contribution in [1.29, 1.82) is 0 Å². The van der Waals surface area contributed by atoms with Crippen LogP contribution in [0.4, 0.5) is 0 Å². The van der Waals surface area contributed by atoms with E-state index in [1.54, 1.807) is 0 Å². The molecule has 2 aliphatic rings. The van der Waals surface area contributed by atoms with Gasteiger partial charge < -0.3 is 4.90 Å². The molecule has 1 aromatic heterocycles. The van der Waals surface area contributed by atoms with Crippen molar-refractivity contribution in [3.8, 4) is 0 Å². The van der Waals surface area contributed by atoms with Gasteiger partial charge in [-0.3, -0.25) is 9.69 Å². The number of aromatic nitrogens is 2. The van der Waals surface area contributed by atoms with E-state index in [0.717, 1.165) is 51.3 Å². The van der Waals surface area contributed by atoms with Gasteiger partial charge in [-0.25, -0.2) is 9.97 Å². The molecule has 0 unspecified atom stereocenters. The number of carbonyl (C=O) groups excluding carboxylic acids is 1. The highest BCUT2D eigenvalue weighted by Crippen LogP contribution is 2.39. The van der Waals surface area contributed by atoms with Crippen molar-refractivity contribution in [3.63, 3.8) is 0 Å². The molecule has 2 aliphatic heterocycles. The summed E-state index contributed by atoms with van der Waals surface area (Å²) in [6.07, 6.45) is 10.2. The normalized spacial score (nSPS) is 25.1. The number of hydrogen-bond donors (Lipinski definition) is 0. The highest BCUT2D eigenvalue weighted by Gasteiger charge is 2.42. The Morgan fingerprint density at radius 2 is 1.96 bits per heavy atom. The van der Waals surface area contributed by atoms with Crippen molar-refractivity contribution in [2.45, 2.75) is 71.9 Å². The van der Waals surface area contributed by atoms with Gasteiger partial charge in [0.2, 0.25) is 5.91 Å². The third-order valence-corrected chi connectivity index (χ3v) is 5.70. The second-order valence-corrected chi connectivity index (χ2v) is 8.19. The Morgan fingerprint density at radius 3 is 2.64 bits per heavy atom. The monoisotopic (exact) mass is 344 g/mol. The van der Waals surface area contributed by atoms with Gasteiger partial charge in [0.1, 0.15) is 5.82 Å². The molecule has 0 N–H and O–H groups in total. The van der Waals surface area contributed by atoms with Gasteiger partial charge in [-0.2, -0.15) is 0 Å². The lowest BCUT2D eigenvalue weighted by atomic mass is 9.73. The highest BCUT2D eigenvalue weighted by atomic mass is 16.2. The summed E-state index contributed by atoms with van der Waals surface area (Å²) in [4.78, 5) is 25.8. The number of hydrogen-bond acceptors (Lipinski definition) is 4. The quantitative estimate of drug-likeness (QED) is 0.824. The standard InChI is InChI=1S/C20H32N4O/c1-4-6-18-21-11-17(12-22-18)13-23-10-5-8-20(14-23)9-7-19(25)24(15-20)16(2)3/h11-12,16H,4-10,13-15H2,1-3H3/t20-/m0/s1. The van der Waals surface area contributed by atoms with Crippen LogP contribution in [0.15, 0.2) is 12.4 Å². The molecule has 0 bridgehead atoms. The van der Waals surface area contributed by atoms with Crippen molar-refractivity contribution < 1.29 is 4.79 Å². The lowest BCUT2D eigenvalue weighted by Gasteiger charge is -2.49. The smallest absolute Gasteiger partial charge is 0.222 e. The van der Waals surface area contributed by atoms with E-state index >= 15 is 0 Å². The summed E-state index contributed by atoms with van der Waals surface area (Å²) in [6, 6.07) is 0.305. The molecule has 138 valence electrons. The summed E-state index contributed by atoms with van der Waals surface area (Å²) in [5.41, 5.74) is 1.48. The van der Waals surface area contributed by atoms with E-state index in [-0.39, 0.29) is 5.41 Å². The molecule has 0 aromatic carbocycles. The van der Waals surface area contributed by atoms with Crippen LogP contribution in [0.3, 0.4) is 0 Å². The van der Waals surface area contributed by atoms with E-state index in [1.165, 1.54) is 18.4 Å². The predicted octanol–water partition coefficient (Wildman–Crippen LogP) is 3.04. The molecule has 1 spiro atoms. The third kappa shape index (κ3) is 4.38. The minimum absolute atomic E-state index is 0.277. The second kappa shape index (κ2) is 7.81. The molecule has 1 amide bonds. The van der Waals surface area contributed by atoms with Gasteiger partial charge in [-0.15, -0.1) is 0 Å². The Hall–Kier alpha value is -1.49. The first-order valence-corrected chi connectivity index (χ1v) is 9.83. The Morgan fingerprint density at radius 1 is 1.20 bits per heavy atom. The fraction of sp³-hybridized carbons (Fsp3) is 0.750. The van der Waals surface area contributed by atoms with E-state index in [2.05, 4.69) is 40.5 Å². The average Bonchev–Trinajstić information content (AvgIpc) is 2.59. The lowest BCUT2D eigenvalue weighted by Crippen LogP contribution is -2.55. The van der Waals surface area contributed by atoms with E-state index in [0.29, 0.717) is 18.4 Å². The van der Waals surface area contributed by atoms with Crippen LogP contribution in [0.5, 0.6) is 0 Å². The molecule has 3 rings (SSSR count). The molecule has 5 heteroatoms. The maximum absolute atomic E-state index is 12.2. The Labute approximate surface area is 151 Å². The minimum atomic E-state index is 0.277. The van der Waals surface area contributed by atoms with Crippen LogP contribution >= 0.6 is 0 Å². The molecular weight excluding hydrogens is 312 g/mol. The van der Waals surface area contributed by atoms with Crippen LogP contribution in [0, 0.1) is 5.41 Å². The van der Waals surface area contributed by atoms with Gasteiger partial charge in [0.25, 0.3) is 0 Å². The lowest BCUT2D eigenvalue weighted by molar-refractivity contribution is -0.141. The molecule has 1 aromatic rings. The molecule has 2 fully saturated rings. The van der Waals surface area contributed by atoms with Crippen molar-refractivity contribution >= 4 is 5.91 Å². The highest BCUT2D eigenvalue weighted by molar-refractivity contribution is 5.77. The fourth-order valence-corrected chi connectivity index (χ4v) is 4.37. The van der Waals surface area contributed by atoms with Crippen LogP contribution in [0.2, 0.25) is 0 Å². The zero-order valence-corrected chi connectivity index (χ0v) is 16.0. The first-order chi connectivity index (χ1) is 12.0. The van der Waals surface area contributed by atoms with Crippen LogP contribution in [0.1, 0.15) is 64.3 Å². The Kier molecular flexibility index (Phi) is 5.72. The van der Waals surface area contributed by atoms with Gasteiger partial charge in [-0.05, 0) is 46.1 Å². The van der Waals surface area contributed by atoms with Crippen molar-refractivity contribution in [2.24, 2.45) is 5.41 Å². The third-order valence-electron chi connectivity index (χ3n) is 5.70. The van der Waals surface area contributed by atoms with E-state index < -0.39 is 0 Å². The molecule has 3 heterocycles. The molecule has 2 saturated heterocycles. The topological polar surface area (TPSA) is 49.3 Å². The van der Waals surface area contributed by atoms with Gasteiger partial charge >= 0.3 is 0 Å². The maximum atomic E-state index is 12.2. The van der Waals surface area contributed by atoms with Crippen molar-refractivity contribution in [1.82, 2.24) is 19.8 Å². The summed E-state index contributed by atoms with van der Waals surface area (Å²) in [6.45, 7) is 10.5. The minimum Gasteiger partial charge on any atom is -0.340 e. The molecule has 25 heavy (non-hydrogen) atoms. The zero-order valence-electron chi connectivity index (χ0n) is 16.0. The van der Waals surface area contributed by atoms with E-state index in [9.17, 15) is 4.79 Å². The van der Waals surface area contributed by atoms with Gasteiger partial charge in [0.05, 0.1) is 0 Å². The van der Waals surface area contributed by atoms with Crippen LogP contribution in [0.25, 0.3) is 0 Å². The summed E-state index contributed by atoms with van der Waals surface area (Å²) in [5, 5.41) is 0. The van der Waals surface area contributed by atoms with Crippen LogP contribution < -0.4 is 0 Å². The van der Waals surface area contributed by atoms with Gasteiger partial charge in [0, 0.05) is 61.9 Å². The first kappa shape index (κ1) is 18.3. The number of amides is 1. The van der Waals surface area contributed by atoms with Crippen molar-refractivity contribution in [2.75, 3.05) is 19.6 Å². The number of rotatable bonds is 5. The molecule has 0 radical (unpaired) electrons. The number of carbonyl (C=O) groups is 1. The van der Waals surface area contributed by atoms with Gasteiger partial charge in [-0.1, -0.05) is 6.92 Å². The molecule has 5 nitrogen and oxygen atoms in total. The molecule has 1 atom stereocenters. The molecule has 0 aliphatic carbocycles. The summed E-state index contributed by atoms with van der Waals surface area (Å²) < 4.78 is 0. The number of likely N-dealkylation sites (tertiary alicyclic amines) is 2. The summed E-state index contributed by atoms with van der Waals surface area (Å²) in [5.74, 6) is 1.28. The first-order valence-electron chi connectivity index (χ1n) is 9.83. The largest absolute Gasteiger partial charge is 0.340 e. The predicted molar refractivity (Wildman–Crippen MR) is 99.1 cm³/mol. The van der Waals surface area contributed by atoms with Crippen LogP contribution in [-0.2, 0) is 17.8 Å². The van der Waals surface area contributed by atoms with E-state index in [4.69, 9.17) is 0 Å². The number of nitrogens with zero attached hydrogens (tertiary/aromatic N) is 4. The van der Waals surface area contributed by atoms with Crippen molar-refractivity contribution in [3.05, 3.63) is 23.8 Å². The zero-order chi connectivity index (χ0) is 17.9. The number of piperidine rings is 2. The number of aryl methyl sites for hydroxylation is 1. The van der Waals surface area contributed by atoms with Gasteiger partial charge in [0.15, 0.2) is 0 Å². The SMILES string of the molecule is CCCc1ncc(CN2CCC[C@]3(CCC(=O)N(C(C)C)C3)C2)cn1. The van der Waals surface area contributed by atoms with Crippen LogP contribution in [-0.4, -0.2) is 51.4 Å². The average molecular weight is 345 g/mol. The molecular formula is C20H32N4O. The molecule has 0 saturated carbocycles. The summed E-state index contributed by atoms with van der Waals surface area (Å²) >= 11 is 0.